The van der Waals surface area contributed by atoms with E-state index in [-0.39, 0.29) is 6.04 Å². The second kappa shape index (κ2) is 3.37. The summed E-state index contributed by atoms with van der Waals surface area (Å²) in [5.74, 6) is 0. The molecule has 2 N–H and O–H groups in total. The van der Waals surface area contributed by atoms with Gasteiger partial charge in [0.15, 0.2) is 0 Å². The maximum Gasteiger partial charge on any atom is 0.0387 e. The molecule has 0 saturated heterocycles. The number of aryl methyl sites for hydroxylation is 2. The fourth-order valence-corrected chi connectivity index (χ4v) is 2.11. The molecule has 0 aromatic carbocycles. The van der Waals surface area contributed by atoms with Gasteiger partial charge in [-0.2, -0.15) is 0 Å². The topological polar surface area (TPSA) is 26.0 Å². The molecule has 0 aliphatic heterocycles. The van der Waals surface area contributed by atoms with Gasteiger partial charge in [-0.3, -0.25) is 0 Å². The van der Waals surface area contributed by atoms with Crippen LogP contribution in [0.25, 0.3) is 0 Å². The minimum Gasteiger partial charge on any atom is -0.323 e. The molecule has 0 unspecified atom stereocenters. The standard InChI is InChI=1S/C9H15NS/c1-4-8(10)9-5-6(2)7(3)11-9/h5,8H,4,10H2,1-3H3/t8-/m1/s1. The molecule has 1 aromatic heterocycles. The smallest absolute Gasteiger partial charge is 0.0387 e. The Balaban J connectivity index is 2.88. The van der Waals surface area contributed by atoms with E-state index in [9.17, 15) is 0 Å². The van der Waals surface area contributed by atoms with E-state index in [1.807, 2.05) is 11.3 Å². The highest BCUT2D eigenvalue weighted by Gasteiger charge is 2.07. The third-order valence-corrected chi connectivity index (χ3v) is 3.27. The lowest BCUT2D eigenvalue weighted by Gasteiger charge is -2.03. The minimum absolute atomic E-state index is 0.243. The lowest BCUT2D eigenvalue weighted by molar-refractivity contribution is 0.712. The second-order valence-corrected chi connectivity index (χ2v) is 4.19. The summed E-state index contributed by atoms with van der Waals surface area (Å²) in [5.41, 5.74) is 7.26. The first kappa shape index (κ1) is 8.75. The largest absolute Gasteiger partial charge is 0.323 e. The molecule has 0 radical (unpaired) electrons. The molecule has 0 aliphatic rings. The molecule has 1 heterocycles. The predicted molar refractivity (Wildman–Crippen MR) is 51.0 cm³/mol. The molecule has 1 aromatic rings. The molecule has 0 bridgehead atoms. The molecule has 62 valence electrons. The van der Waals surface area contributed by atoms with Gasteiger partial charge in [-0.25, -0.2) is 0 Å². The van der Waals surface area contributed by atoms with Crippen LogP contribution in [0.1, 0.15) is 34.7 Å². The summed E-state index contributed by atoms with van der Waals surface area (Å²) >= 11 is 1.82. The molecule has 0 spiro atoms. The molecule has 0 fully saturated rings. The SMILES string of the molecule is CC[C@@H](N)c1cc(C)c(C)s1. The molecule has 0 saturated carbocycles. The molecule has 1 nitrogen and oxygen atoms in total. The first-order valence-electron chi connectivity index (χ1n) is 3.97. The first-order valence-corrected chi connectivity index (χ1v) is 4.79. The van der Waals surface area contributed by atoms with Crippen LogP contribution in [-0.4, -0.2) is 0 Å². The van der Waals surface area contributed by atoms with Crippen molar-refractivity contribution in [2.24, 2.45) is 5.73 Å². The number of rotatable bonds is 2. The summed E-state index contributed by atoms with van der Waals surface area (Å²) < 4.78 is 0. The van der Waals surface area contributed by atoms with Crippen LogP contribution in [0.3, 0.4) is 0 Å². The molecule has 0 aliphatic carbocycles. The Morgan fingerprint density at radius 1 is 1.55 bits per heavy atom. The Kier molecular flexibility index (Phi) is 2.68. The van der Waals surface area contributed by atoms with Crippen LogP contribution >= 0.6 is 11.3 Å². The Bertz CT molecular complexity index is 220. The van der Waals surface area contributed by atoms with Gasteiger partial charge in [0.05, 0.1) is 0 Å². The van der Waals surface area contributed by atoms with Crippen LogP contribution in [0.2, 0.25) is 0 Å². The van der Waals surface area contributed by atoms with E-state index in [4.69, 9.17) is 5.73 Å². The number of thiophene rings is 1. The number of hydrogen-bond acceptors (Lipinski definition) is 2. The van der Waals surface area contributed by atoms with Gasteiger partial charge in [-0.05, 0) is 31.9 Å². The van der Waals surface area contributed by atoms with Crippen molar-refractivity contribution in [3.05, 3.63) is 21.4 Å². The Morgan fingerprint density at radius 3 is 2.55 bits per heavy atom. The van der Waals surface area contributed by atoms with Crippen LogP contribution in [0, 0.1) is 13.8 Å². The predicted octanol–water partition coefficient (Wildman–Crippen LogP) is 2.77. The van der Waals surface area contributed by atoms with Crippen molar-refractivity contribution in [2.45, 2.75) is 33.2 Å². The molecular formula is C9H15NS. The van der Waals surface area contributed by atoms with Gasteiger partial charge in [0.1, 0.15) is 0 Å². The average Bonchev–Trinajstić information content (AvgIpc) is 2.31. The highest BCUT2D eigenvalue weighted by molar-refractivity contribution is 7.12. The summed E-state index contributed by atoms with van der Waals surface area (Å²) in [6.45, 7) is 6.40. The molecule has 2 heteroatoms. The van der Waals surface area contributed by atoms with Crippen molar-refractivity contribution in [1.29, 1.82) is 0 Å². The zero-order valence-corrected chi connectivity index (χ0v) is 8.16. The lowest BCUT2D eigenvalue weighted by atomic mass is 10.2. The van der Waals surface area contributed by atoms with Gasteiger partial charge >= 0.3 is 0 Å². The van der Waals surface area contributed by atoms with Gasteiger partial charge in [0, 0.05) is 15.8 Å². The van der Waals surface area contributed by atoms with Crippen LogP contribution in [0.5, 0.6) is 0 Å². The maximum atomic E-state index is 5.89. The second-order valence-electron chi connectivity index (χ2n) is 2.90. The van der Waals surface area contributed by atoms with Gasteiger partial charge in [-0.1, -0.05) is 6.92 Å². The summed E-state index contributed by atoms with van der Waals surface area (Å²) in [4.78, 5) is 2.71. The van der Waals surface area contributed by atoms with Crippen molar-refractivity contribution >= 4 is 11.3 Å². The first-order chi connectivity index (χ1) is 5.15. The summed E-state index contributed by atoms with van der Waals surface area (Å²) in [6.07, 6.45) is 1.03. The van der Waals surface area contributed by atoms with Crippen molar-refractivity contribution in [1.82, 2.24) is 0 Å². The van der Waals surface area contributed by atoms with Crippen LogP contribution in [0.4, 0.5) is 0 Å². The number of hydrogen-bond donors (Lipinski definition) is 1. The summed E-state index contributed by atoms with van der Waals surface area (Å²) in [7, 11) is 0. The fraction of sp³-hybridized carbons (Fsp3) is 0.556. The highest BCUT2D eigenvalue weighted by atomic mass is 32.1. The summed E-state index contributed by atoms with van der Waals surface area (Å²) in [5, 5.41) is 0. The van der Waals surface area contributed by atoms with E-state index in [1.165, 1.54) is 15.3 Å². The zero-order chi connectivity index (χ0) is 8.43. The lowest BCUT2D eigenvalue weighted by Crippen LogP contribution is -2.05. The highest BCUT2D eigenvalue weighted by Crippen LogP contribution is 2.26. The third kappa shape index (κ3) is 1.82. The van der Waals surface area contributed by atoms with Gasteiger partial charge in [0.2, 0.25) is 0 Å². The van der Waals surface area contributed by atoms with E-state index in [1.54, 1.807) is 0 Å². The molecule has 11 heavy (non-hydrogen) atoms. The van der Waals surface area contributed by atoms with Crippen molar-refractivity contribution in [3.8, 4) is 0 Å². The van der Waals surface area contributed by atoms with E-state index in [0.29, 0.717) is 0 Å². The van der Waals surface area contributed by atoms with Crippen LogP contribution in [-0.2, 0) is 0 Å². The summed E-state index contributed by atoms with van der Waals surface area (Å²) in [6, 6.07) is 2.45. The molecule has 0 amide bonds. The fourth-order valence-electron chi connectivity index (χ4n) is 0.986. The quantitative estimate of drug-likeness (QED) is 0.724. The Labute approximate surface area is 72.2 Å². The van der Waals surface area contributed by atoms with Crippen molar-refractivity contribution in [3.63, 3.8) is 0 Å². The van der Waals surface area contributed by atoms with Gasteiger partial charge in [0.25, 0.3) is 0 Å². The monoisotopic (exact) mass is 169 g/mol. The minimum atomic E-state index is 0.243. The van der Waals surface area contributed by atoms with E-state index < -0.39 is 0 Å². The third-order valence-electron chi connectivity index (χ3n) is 1.99. The molecular weight excluding hydrogens is 154 g/mol. The Hall–Kier alpha value is -0.340. The Morgan fingerprint density at radius 2 is 2.18 bits per heavy atom. The number of nitrogens with two attached hydrogens (primary N) is 1. The average molecular weight is 169 g/mol. The van der Waals surface area contributed by atoms with E-state index in [0.717, 1.165) is 6.42 Å². The van der Waals surface area contributed by atoms with Crippen LogP contribution < -0.4 is 5.73 Å². The van der Waals surface area contributed by atoms with Crippen molar-refractivity contribution < 1.29 is 0 Å². The van der Waals surface area contributed by atoms with Gasteiger partial charge < -0.3 is 5.73 Å². The normalized spacial score (nSPS) is 13.5. The van der Waals surface area contributed by atoms with Gasteiger partial charge in [-0.15, -0.1) is 11.3 Å². The van der Waals surface area contributed by atoms with Crippen LogP contribution in [0.15, 0.2) is 6.07 Å². The molecule has 1 rings (SSSR count). The van der Waals surface area contributed by atoms with Crippen molar-refractivity contribution in [2.75, 3.05) is 0 Å². The zero-order valence-electron chi connectivity index (χ0n) is 7.35. The molecule has 1 atom stereocenters. The van der Waals surface area contributed by atoms with E-state index in [2.05, 4.69) is 26.8 Å². The maximum absolute atomic E-state index is 5.89. The van der Waals surface area contributed by atoms with E-state index >= 15 is 0 Å².